The molecule has 0 heterocycles. The van der Waals surface area contributed by atoms with Crippen molar-refractivity contribution in [2.45, 2.75) is 25.1 Å². The van der Waals surface area contributed by atoms with E-state index in [1.807, 2.05) is 5.32 Å². The summed E-state index contributed by atoms with van der Waals surface area (Å²) in [6.07, 6.45) is -1.15. The maximum atomic E-state index is 11.7. The van der Waals surface area contributed by atoms with Crippen molar-refractivity contribution in [1.82, 2.24) is 16.0 Å². The molecular weight excluding hydrogens is 300 g/mol. The molecule has 3 amide bonds. The Hall–Kier alpha value is -2.24. The molecule has 8 N–H and O–H groups in total. The first-order valence-corrected chi connectivity index (χ1v) is 6.30. The summed E-state index contributed by atoms with van der Waals surface area (Å²) in [5.41, 5.74) is 5.36. The lowest BCUT2D eigenvalue weighted by molar-refractivity contribution is -0.138. The van der Waals surface area contributed by atoms with Crippen LogP contribution < -0.4 is 21.7 Å². The minimum atomic E-state index is -1.36. The fourth-order valence-electron chi connectivity index (χ4n) is 1.21. The Morgan fingerprint density at radius 1 is 1.09 bits per heavy atom. The molecule has 0 aromatic carbocycles. The van der Waals surface area contributed by atoms with E-state index in [-0.39, 0.29) is 0 Å². The van der Waals surface area contributed by atoms with E-state index in [0.29, 0.717) is 0 Å². The first-order chi connectivity index (χ1) is 10.2. The summed E-state index contributed by atoms with van der Waals surface area (Å²) < 4.78 is 0. The van der Waals surface area contributed by atoms with Gasteiger partial charge < -0.3 is 37.0 Å². The normalized spacial score (nSPS) is 14.4. The number of hydrogen-bond donors (Lipinski definition) is 7. The average Bonchev–Trinajstić information content (AvgIpc) is 2.46. The monoisotopic (exact) mass is 320 g/mol. The number of carboxylic acid groups (broad SMARTS) is 1. The predicted octanol–water partition coefficient (Wildman–Crippen LogP) is -4.51. The average molecular weight is 320 g/mol. The van der Waals surface area contributed by atoms with Crippen LogP contribution in [0.2, 0.25) is 0 Å². The maximum Gasteiger partial charge on any atom is 0.322 e. The van der Waals surface area contributed by atoms with E-state index in [2.05, 4.69) is 10.6 Å². The van der Waals surface area contributed by atoms with E-state index in [1.54, 1.807) is 0 Å². The Morgan fingerprint density at radius 3 is 2.14 bits per heavy atom. The van der Waals surface area contributed by atoms with E-state index in [9.17, 15) is 19.2 Å². The summed E-state index contributed by atoms with van der Waals surface area (Å²) in [6, 6.07) is -2.63. The van der Waals surface area contributed by atoms with Gasteiger partial charge in [-0.15, -0.1) is 0 Å². The Labute approximate surface area is 125 Å². The van der Waals surface area contributed by atoms with Gasteiger partial charge in [0.25, 0.3) is 0 Å². The Morgan fingerprint density at radius 2 is 1.68 bits per heavy atom. The lowest BCUT2D eigenvalue weighted by Crippen LogP contribution is -2.56. The van der Waals surface area contributed by atoms with Crippen LogP contribution in [0.25, 0.3) is 0 Å². The van der Waals surface area contributed by atoms with Crippen molar-refractivity contribution in [2.24, 2.45) is 5.73 Å². The van der Waals surface area contributed by atoms with Gasteiger partial charge in [0.1, 0.15) is 18.6 Å². The zero-order valence-corrected chi connectivity index (χ0v) is 11.9. The quantitative estimate of drug-likeness (QED) is 0.221. The van der Waals surface area contributed by atoms with Crippen LogP contribution in [-0.4, -0.2) is 76.9 Å². The molecule has 22 heavy (non-hydrogen) atoms. The van der Waals surface area contributed by atoms with Crippen molar-refractivity contribution in [1.29, 1.82) is 0 Å². The molecule has 0 rings (SSSR count). The number of carbonyl (C=O) groups excluding carboxylic acids is 3. The standard InChI is InChI=1S/C11H20N4O7/c1-5(17)9(12)11(22)15-6(4-16)10(21)14-2-7(18)13-3-8(19)20/h5-6,9,16-17H,2-4,12H2,1H3,(H,13,18)(H,14,21)(H,15,22)(H,19,20). The molecule has 126 valence electrons. The first-order valence-electron chi connectivity index (χ1n) is 6.30. The number of carbonyl (C=O) groups is 4. The smallest absolute Gasteiger partial charge is 0.322 e. The van der Waals surface area contributed by atoms with Gasteiger partial charge >= 0.3 is 5.97 Å². The van der Waals surface area contributed by atoms with E-state index in [4.69, 9.17) is 21.1 Å². The lowest BCUT2D eigenvalue weighted by atomic mass is 10.1. The highest BCUT2D eigenvalue weighted by Gasteiger charge is 2.25. The Kier molecular flexibility index (Phi) is 8.67. The SMILES string of the molecule is CC(O)C(N)C(=O)NC(CO)C(=O)NCC(=O)NCC(=O)O. The number of nitrogens with one attached hydrogen (secondary N) is 3. The van der Waals surface area contributed by atoms with Crippen LogP contribution in [0.3, 0.4) is 0 Å². The fraction of sp³-hybridized carbons (Fsp3) is 0.636. The Bertz CT molecular complexity index is 427. The molecular formula is C11H20N4O7. The molecule has 11 heteroatoms. The largest absolute Gasteiger partial charge is 0.480 e. The molecule has 0 bridgehead atoms. The molecule has 0 fully saturated rings. The number of rotatable bonds is 9. The topological polar surface area (TPSA) is 191 Å². The molecule has 0 saturated carbocycles. The number of aliphatic carboxylic acids is 1. The number of hydrogen-bond acceptors (Lipinski definition) is 7. The van der Waals surface area contributed by atoms with Crippen molar-refractivity contribution >= 4 is 23.7 Å². The highest BCUT2D eigenvalue weighted by atomic mass is 16.4. The van der Waals surface area contributed by atoms with Gasteiger partial charge in [-0.05, 0) is 6.92 Å². The molecule has 0 spiro atoms. The molecule has 0 radical (unpaired) electrons. The summed E-state index contributed by atoms with van der Waals surface area (Å²) in [7, 11) is 0. The van der Waals surface area contributed by atoms with Crippen molar-refractivity contribution < 1.29 is 34.5 Å². The fourth-order valence-corrected chi connectivity index (χ4v) is 1.21. The van der Waals surface area contributed by atoms with Gasteiger partial charge in [-0.1, -0.05) is 0 Å². The van der Waals surface area contributed by atoms with Crippen LogP contribution >= 0.6 is 0 Å². The van der Waals surface area contributed by atoms with Gasteiger partial charge in [-0.3, -0.25) is 19.2 Å². The zero-order valence-electron chi connectivity index (χ0n) is 11.9. The zero-order chi connectivity index (χ0) is 17.3. The van der Waals surface area contributed by atoms with Crippen LogP contribution in [-0.2, 0) is 19.2 Å². The van der Waals surface area contributed by atoms with Crippen LogP contribution in [0.15, 0.2) is 0 Å². The van der Waals surface area contributed by atoms with Gasteiger partial charge in [0.15, 0.2) is 0 Å². The molecule has 11 nitrogen and oxygen atoms in total. The van der Waals surface area contributed by atoms with Crippen molar-refractivity contribution in [3.8, 4) is 0 Å². The third kappa shape index (κ3) is 7.52. The summed E-state index contributed by atoms with van der Waals surface area (Å²) in [6.45, 7) is -0.592. The van der Waals surface area contributed by atoms with Gasteiger partial charge in [0.05, 0.1) is 19.3 Å². The van der Waals surface area contributed by atoms with Crippen molar-refractivity contribution in [3.05, 3.63) is 0 Å². The minimum absolute atomic E-state index is 0.527. The van der Waals surface area contributed by atoms with Gasteiger partial charge in [-0.25, -0.2) is 0 Å². The summed E-state index contributed by atoms with van der Waals surface area (Å²) in [5.74, 6) is -3.70. The van der Waals surface area contributed by atoms with E-state index >= 15 is 0 Å². The third-order valence-corrected chi connectivity index (χ3v) is 2.50. The predicted molar refractivity (Wildman–Crippen MR) is 72.3 cm³/mol. The Balaban J connectivity index is 4.33. The van der Waals surface area contributed by atoms with Crippen LogP contribution in [0.5, 0.6) is 0 Å². The number of aliphatic hydroxyl groups excluding tert-OH is 2. The number of nitrogens with two attached hydrogens (primary N) is 1. The van der Waals surface area contributed by atoms with Gasteiger partial charge in [-0.2, -0.15) is 0 Å². The molecule has 3 atom stereocenters. The van der Waals surface area contributed by atoms with Crippen LogP contribution in [0, 0.1) is 0 Å². The number of aliphatic hydroxyl groups is 2. The second kappa shape index (κ2) is 9.65. The third-order valence-electron chi connectivity index (χ3n) is 2.50. The lowest BCUT2D eigenvalue weighted by Gasteiger charge is -2.20. The van der Waals surface area contributed by atoms with Crippen LogP contribution in [0.4, 0.5) is 0 Å². The molecule has 0 aromatic rings. The van der Waals surface area contributed by atoms with E-state index in [1.165, 1.54) is 6.92 Å². The van der Waals surface area contributed by atoms with E-state index < -0.39 is 61.6 Å². The minimum Gasteiger partial charge on any atom is -0.480 e. The number of amides is 3. The summed E-state index contributed by atoms with van der Waals surface area (Å²) in [4.78, 5) is 44.6. The number of carboxylic acids is 1. The first kappa shape index (κ1) is 19.8. The van der Waals surface area contributed by atoms with Crippen molar-refractivity contribution in [2.75, 3.05) is 19.7 Å². The molecule has 0 aliphatic heterocycles. The second-order valence-corrected chi connectivity index (χ2v) is 4.40. The van der Waals surface area contributed by atoms with Gasteiger partial charge in [0, 0.05) is 0 Å². The maximum absolute atomic E-state index is 11.7. The van der Waals surface area contributed by atoms with Crippen molar-refractivity contribution in [3.63, 3.8) is 0 Å². The summed E-state index contributed by atoms with van der Waals surface area (Å²) in [5, 5.41) is 32.8. The highest BCUT2D eigenvalue weighted by Crippen LogP contribution is 1.91. The molecule has 0 aromatic heterocycles. The van der Waals surface area contributed by atoms with Crippen LogP contribution in [0.1, 0.15) is 6.92 Å². The molecule has 3 unspecified atom stereocenters. The second-order valence-electron chi connectivity index (χ2n) is 4.40. The van der Waals surface area contributed by atoms with E-state index in [0.717, 1.165) is 0 Å². The highest BCUT2D eigenvalue weighted by molar-refractivity contribution is 5.92. The molecule has 0 aliphatic rings. The van der Waals surface area contributed by atoms with Gasteiger partial charge in [0.2, 0.25) is 17.7 Å². The molecule has 0 aliphatic carbocycles. The molecule has 0 saturated heterocycles. The summed E-state index contributed by atoms with van der Waals surface area (Å²) >= 11 is 0.